The van der Waals surface area contributed by atoms with Crippen molar-refractivity contribution in [1.82, 2.24) is 10.6 Å². The van der Waals surface area contributed by atoms with Crippen LogP contribution < -0.4 is 24.8 Å². The van der Waals surface area contributed by atoms with E-state index in [2.05, 4.69) is 22.5 Å². The van der Waals surface area contributed by atoms with Gasteiger partial charge in [0.25, 0.3) is 0 Å². The molecule has 0 aliphatic carbocycles. The van der Waals surface area contributed by atoms with Crippen LogP contribution in [0.5, 0.6) is 17.2 Å². The third-order valence-corrected chi connectivity index (χ3v) is 3.78. The Hall–Kier alpha value is -2.11. The molecule has 0 aliphatic rings. The van der Waals surface area contributed by atoms with E-state index < -0.39 is 0 Å². The van der Waals surface area contributed by atoms with E-state index in [0.29, 0.717) is 18.0 Å². The fourth-order valence-corrected chi connectivity index (χ4v) is 2.39. The van der Waals surface area contributed by atoms with Crippen molar-refractivity contribution < 1.29 is 14.2 Å². The number of ether oxygens (including phenoxy) is 3. The molecule has 136 valence electrons. The number of hydrogen-bond donors (Lipinski definition) is 2. The number of unbranched alkanes of at least 4 members (excludes halogenated alkanes) is 3. The summed E-state index contributed by atoms with van der Waals surface area (Å²) >= 11 is 0. The van der Waals surface area contributed by atoms with E-state index >= 15 is 0 Å². The molecular formula is C18H31N3O3. The van der Waals surface area contributed by atoms with Crippen molar-refractivity contribution in [1.29, 1.82) is 0 Å². The molecule has 0 aromatic heterocycles. The molecule has 0 saturated heterocycles. The molecule has 6 heteroatoms. The minimum atomic E-state index is 0.582. The fraction of sp³-hybridized carbons (Fsp3) is 0.611. The zero-order valence-corrected chi connectivity index (χ0v) is 15.6. The van der Waals surface area contributed by atoms with Gasteiger partial charge in [-0.05, 0) is 12.5 Å². The molecule has 6 nitrogen and oxygen atoms in total. The number of hydrogen-bond acceptors (Lipinski definition) is 4. The Morgan fingerprint density at radius 2 is 1.58 bits per heavy atom. The first-order valence-corrected chi connectivity index (χ1v) is 8.43. The number of aliphatic imine (C=N–C) groups is 1. The summed E-state index contributed by atoms with van der Waals surface area (Å²) in [5.74, 6) is 2.86. The summed E-state index contributed by atoms with van der Waals surface area (Å²) in [4.78, 5) is 4.25. The van der Waals surface area contributed by atoms with Crippen molar-refractivity contribution in [3.05, 3.63) is 17.7 Å². The smallest absolute Gasteiger partial charge is 0.191 e. The van der Waals surface area contributed by atoms with Gasteiger partial charge in [0.05, 0.1) is 21.3 Å². The lowest BCUT2D eigenvalue weighted by Gasteiger charge is -2.16. The molecule has 1 rings (SSSR count). The normalized spacial score (nSPS) is 11.1. The van der Waals surface area contributed by atoms with E-state index in [4.69, 9.17) is 14.2 Å². The van der Waals surface area contributed by atoms with Crippen LogP contribution in [-0.2, 0) is 6.54 Å². The third kappa shape index (κ3) is 6.18. The molecule has 0 radical (unpaired) electrons. The summed E-state index contributed by atoms with van der Waals surface area (Å²) in [5, 5.41) is 6.63. The highest BCUT2D eigenvalue weighted by Crippen LogP contribution is 2.34. The summed E-state index contributed by atoms with van der Waals surface area (Å²) < 4.78 is 16.1. The maximum Gasteiger partial charge on any atom is 0.191 e. The van der Waals surface area contributed by atoms with Crippen LogP contribution in [-0.4, -0.2) is 40.9 Å². The van der Waals surface area contributed by atoms with Gasteiger partial charge in [0.15, 0.2) is 17.5 Å². The Morgan fingerprint density at radius 1 is 0.917 bits per heavy atom. The standard InChI is InChI=1S/C18H31N3O3/c1-6-7-8-9-10-20-18(19-2)21-13-14-11-16(23-4)17(24-5)12-15(14)22-3/h11-12H,6-10,13H2,1-5H3,(H2,19,20,21). The van der Waals surface area contributed by atoms with Crippen LogP contribution in [0.15, 0.2) is 17.1 Å². The van der Waals surface area contributed by atoms with E-state index in [0.717, 1.165) is 30.2 Å². The molecule has 0 spiro atoms. The lowest BCUT2D eigenvalue weighted by molar-refractivity contribution is 0.347. The van der Waals surface area contributed by atoms with Gasteiger partial charge in [-0.3, -0.25) is 4.99 Å². The highest BCUT2D eigenvalue weighted by Gasteiger charge is 2.12. The van der Waals surface area contributed by atoms with E-state index in [1.807, 2.05) is 12.1 Å². The summed E-state index contributed by atoms with van der Waals surface area (Å²) in [6, 6.07) is 3.75. The zero-order chi connectivity index (χ0) is 17.8. The quantitative estimate of drug-likeness (QED) is 0.390. The molecule has 0 atom stereocenters. The molecule has 1 aromatic carbocycles. The second-order valence-corrected chi connectivity index (χ2v) is 5.43. The van der Waals surface area contributed by atoms with Gasteiger partial charge in [0.1, 0.15) is 5.75 Å². The van der Waals surface area contributed by atoms with E-state index in [-0.39, 0.29) is 0 Å². The average Bonchev–Trinajstić information content (AvgIpc) is 2.63. The van der Waals surface area contributed by atoms with Crippen LogP contribution in [0.1, 0.15) is 38.2 Å². The van der Waals surface area contributed by atoms with Crippen LogP contribution in [0, 0.1) is 0 Å². The second-order valence-electron chi connectivity index (χ2n) is 5.43. The van der Waals surface area contributed by atoms with Gasteiger partial charge in [-0.25, -0.2) is 0 Å². The maximum absolute atomic E-state index is 5.44. The van der Waals surface area contributed by atoms with Crippen LogP contribution in [0.25, 0.3) is 0 Å². The number of methoxy groups -OCH3 is 3. The van der Waals surface area contributed by atoms with E-state index in [1.165, 1.54) is 19.3 Å². The molecule has 0 bridgehead atoms. The molecule has 0 aliphatic heterocycles. The van der Waals surface area contributed by atoms with Gasteiger partial charge in [-0.1, -0.05) is 26.2 Å². The molecule has 0 fully saturated rings. The lowest BCUT2D eigenvalue weighted by atomic mass is 10.1. The SMILES string of the molecule is CCCCCCNC(=NC)NCc1cc(OC)c(OC)cc1OC. The zero-order valence-electron chi connectivity index (χ0n) is 15.6. The van der Waals surface area contributed by atoms with Crippen LogP contribution in [0.3, 0.4) is 0 Å². The van der Waals surface area contributed by atoms with Gasteiger partial charge in [-0.15, -0.1) is 0 Å². The van der Waals surface area contributed by atoms with Gasteiger partial charge in [0.2, 0.25) is 0 Å². The Morgan fingerprint density at radius 3 is 2.17 bits per heavy atom. The third-order valence-electron chi connectivity index (χ3n) is 3.78. The van der Waals surface area contributed by atoms with Crippen LogP contribution in [0.2, 0.25) is 0 Å². The highest BCUT2D eigenvalue weighted by atomic mass is 16.5. The largest absolute Gasteiger partial charge is 0.496 e. The fourth-order valence-electron chi connectivity index (χ4n) is 2.39. The Balaban J connectivity index is 2.64. The van der Waals surface area contributed by atoms with Crippen molar-refractivity contribution in [2.24, 2.45) is 4.99 Å². The van der Waals surface area contributed by atoms with Crippen LogP contribution in [0.4, 0.5) is 0 Å². The van der Waals surface area contributed by atoms with Gasteiger partial charge >= 0.3 is 0 Å². The number of nitrogens with one attached hydrogen (secondary N) is 2. The Kier molecular flexibility index (Phi) is 9.49. The van der Waals surface area contributed by atoms with Gasteiger partial charge < -0.3 is 24.8 Å². The summed E-state index contributed by atoms with van der Waals surface area (Å²) in [6.45, 7) is 3.71. The number of guanidine groups is 1. The Bertz CT molecular complexity index is 518. The first-order valence-electron chi connectivity index (χ1n) is 8.43. The average molecular weight is 337 g/mol. The Labute approximate surface area is 145 Å². The first-order chi connectivity index (χ1) is 11.7. The minimum Gasteiger partial charge on any atom is -0.496 e. The molecule has 0 heterocycles. The number of rotatable bonds is 10. The maximum atomic E-state index is 5.44. The van der Waals surface area contributed by atoms with Crippen molar-refractivity contribution in [2.75, 3.05) is 34.9 Å². The van der Waals surface area contributed by atoms with Crippen molar-refractivity contribution in [3.8, 4) is 17.2 Å². The van der Waals surface area contributed by atoms with Crippen LogP contribution >= 0.6 is 0 Å². The summed E-state index contributed by atoms with van der Waals surface area (Å²) in [5.41, 5.74) is 0.976. The van der Waals surface area contributed by atoms with Gasteiger partial charge in [-0.2, -0.15) is 0 Å². The predicted octanol–water partition coefficient (Wildman–Crippen LogP) is 2.96. The topological polar surface area (TPSA) is 64.1 Å². The molecular weight excluding hydrogens is 306 g/mol. The van der Waals surface area contributed by atoms with Crippen molar-refractivity contribution >= 4 is 5.96 Å². The molecule has 24 heavy (non-hydrogen) atoms. The molecule has 1 aromatic rings. The predicted molar refractivity (Wildman–Crippen MR) is 98.4 cm³/mol. The summed E-state index contributed by atoms with van der Waals surface area (Å²) in [7, 11) is 6.65. The van der Waals surface area contributed by atoms with Gasteiger partial charge in [0, 0.05) is 31.8 Å². The molecule has 0 amide bonds. The van der Waals surface area contributed by atoms with Crippen molar-refractivity contribution in [3.63, 3.8) is 0 Å². The lowest BCUT2D eigenvalue weighted by Crippen LogP contribution is -2.37. The number of nitrogens with zero attached hydrogens (tertiary/aromatic N) is 1. The number of benzene rings is 1. The summed E-state index contributed by atoms with van der Waals surface area (Å²) in [6.07, 6.45) is 4.90. The monoisotopic (exact) mass is 337 g/mol. The second kappa shape index (κ2) is 11.4. The molecule has 0 saturated carbocycles. The molecule has 2 N–H and O–H groups in total. The first kappa shape index (κ1) is 19.9. The van der Waals surface area contributed by atoms with E-state index in [9.17, 15) is 0 Å². The van der Waals surface area contributed by atoms with E-state index in [1.54, 1.807) is 28.4 Å². The minimum absolute atomic E-state index is 0.582. The van der Waals surface area contributed by atoms with Crippen molar-refractivity contribution in [2.45, 2.75) is 39.2 Å². The highest BCUT2D eigenvalue weighted by molar-refractivity contribution is 5.79. The molecule has 0 unspecified atom stereocenters.